The molecule has 5 heteroatoms. The second-order valence-corrected chi connectivity index (χ2v) is 5.83. The molecule has 0 saturated carbocycles. The van der Waals surface area contributed by atoms with E-state index < -0.39 is 5.60 Å². The molecule has 2 heterocycles. The second-order valence-electron chi connectivity index (χ2n) is 4.91. The van der Waals surface area contributed by atoms with Crippen LogP contribution in [-0.2, 0) is 0 Å². The van der Waals surface area contributed by atoms with Crippen LogP contribution in [0, 0.1) is 11.8 Å². The molecule has 2 N–H and O–H groups in total. The molecule has 1 fully saturated rings. The maximum Gasteiger partial charge on any atom is 0.265 e. The molecular formula is C14H17NO3S. The van der Waals surface area contributed by atoms with E-state index in [0.717, 1.165) is 0 Å². The molecule has 1 aromatic rings. The van der Waals surface area contributed by atoms with Gasteiger partial charge in [-0.2, -0.15) is 0 Å². The quantitative estimate of drug-likeness (QED) is 0.796. The lowest BCUT2D eigenvalue weighted by atomic mass is 10.1. The monoisotopic (exact) mass is 279 g/mol. The highest BCUT2D eigenvalue weighted by molar-refractivity contribution is 7.12. The summed E-state index contributed by atoms with van der Waals surface area (Å²) in [7, 11) is 0. The first-order valence-electron chi connectivity index (χ1n) is 6.22. The van der Waals surface area contributed by atoms with Crippen LogP contribution in [0.5, 0.6) is 0 Å². The van der Waals surface area contributed by atoms with Crippen LogP contribution in [0.1, 0.15) is 35.0 Å². The normalized spacial score (nSPS) is 22.2. The summed E-state index contributed by atoms with van der Waals surface area (Å²) in [5.74, 6) is 5.67. The van der Waals surface area contributed by atoms with Crippen LogP contribution in [0.15, 0.2) is 11.4 Å². The van der Waals surface area contributed by atoms with E-state index in [9.17, 15) is 9.90 Å². The Morgan fingerprint density at radius 3 is 3.05 bits per heavy atom. The Kier molecular flexibility index (Phi) is 4.25. The first-order valence-corrected chi connectivity index (χ1v) is 7.10. The van der Waals surface area contributed by atoms with Gasteiger partial charge in [-0.1, -0.05) is 11.8 Å². The number of hydrogen-bond acceptors (Lipinski definition) is 4. The lowest BCUT2D eigenvalue weighted by Crippen LogP contribution is -2.33. The Hall–Kier alpha value is -1.35. The topological polar surface area (TPSA) is 60.8 Å². The van der Waals surface area contributed by atoms with Gasteiger partial charge in [-0.3, -0.25) is 4.79 Å². The maximum atomic E-state index is 12.4. The van der Waals surface area contributed by atoms with Gasteiger partial charge in [0.1, 0.15) is 4.88 Å². The summed E-state index contributed by atoms with van der Waals surface area (Å²) < 4.78 is 0. The van der Waals surface area contributed by atoms with E-state index in [1.165, 1.54) is 11.3 Å². The molecule has 0 spiro atoms. The number of nitrogens with zero attached hydrogens (tertiary/aromatic N) is 1. The number of rotatable bonds is 2. The van der Waals surface area contributed by atoms with Gasteiger partial charge >= 0.3 is 0 Å². The molecule has 0 aliphatic carbocycles. The molecular weight excluding hydrogens is 262 g/mol. The first-order chi connectivity index (χ1) is 9.03. The zero-order chi connectivity index (χ0) is 13.9. The molecule has 1 atom stereocenters. The molecule has 0 radical (unpaired) electrons. The number of thiophene rings is 1. The van der Waals surface area contributed by atoms with Gasteiger partial charge < -0.3 is 15.1 Å². The third kappa shape index (κ3) is 3.35. The SMILES string of the molecule is CC1(O)CCN(C(=O)c2sccc2C#CCCO)C1. The van der Waals surface area contributed by atoms with Crippen molar-refractivity contribution in [2.45, 2.75) is 25.4 Å². The molecule has 1 aliphatic heterocycles. The molecule has 2 rings (SSSR count). The minimum absolute atomic E-state index is 0.0232. The molecule has 0 aromatic carbocycles. The molecule has 1 saturated heterocycles. The predicted molar refractivity (Wildman–Crippen MR) is 74.0 cm³/mol. The minimum atomic E-state index is -0.782. The third-order valence-electron chi connectivity index (χ3n) is 3.06. The zero-order valence-electron chi connectivity index (χ0n) is 10.8. The van der Waals surface area contributed by atoms with E-state index in [4.69, 9.17) is 5.11 Å². The van der Waals surface area contributed by atoms with Crippen LogP contribution in [0.2, 0.25) is 0 Å². The maximum absolute atomic E-state index is 12.4. The third-order valence-corrected chi connectivity index (χ3v) is 3.96. The lowest BCUT2D eigenvalue weighted by Gasteiger charge is -2.18. The van der Waals surface area contributed by atoms with Crippen LogP contribution in [0.4, 0.5) is 0 Å². The number of carbonyl (C=O) groups excluding carboxylic acids is 1. The Balaban J connectivity index is 2.13. The van der Waals surface area contributed by atoms with Gasteiger partial charge in [-0.25, -0.2) is 0 Å². The van der Waals surface area contributed by atoms with Crippen molar-refractivity contribution in [1.29, 1.82) is 0 Å². The Morgan fingerprint density at radius 2 is 2.42 bits per heavy atom. The largest absolute Gasteiger partial charge is 0.395 e. The summed E-state index contributed by atoms with van der Waals surface area (Å²) in [5.41, 5.74) is -0.0784. The molecule has 1 aromatic heterocycles. The van der Waals surface area contributed by atoms with Crippen molar-refractivity contribution in [3.8, 4) is 11.8 Å². The standard InChI is InChI=1S/C14H17NO3S/c1-14(18)6-7-15(10-14)13(17)12-11(5-9-19-12)4-2-3-8-16/h5,9,16,18H,3,6-8,10H2,1H3. The van der Waals surface area contributed by atoms with Gasteiger partial charge in [0, 0.05) is 25.1 Å². The van der Waals surface area contributed by atoms with Crippen LogP contribution >= 0.6 is 11.3 Å². The highest BCUT2D eigenvalue weighted by Crippen LogP contribution is 2.25. The predicted octanol–water partition coefficient (Wildman–Crippen LogP) is 1.08. The average molecular weight is 279 g/mol. The number of hydrogen-bond donors (Lipinski definition) is 2. The number of likely N-dealkylation sites (tertiary alicyclic amines) is 1. The van der Waals surface area contributed by atoms with E-state index in [0.29, 0.717) is 36.4 Å². The van der Waals surface area contributed by atoms with Crippen molar-refractivity contribution in [1.82, 2.24) is 4.90 Å². The Labute approximate surface area is 116 Å². The number of β-amino-alcohol motifs (C(OH)–C–C–N with tert-alkyl or cyclic N) is 1. The fraction of sp³-hybridized carbons (Fsp3) is 0.500. The number of aliphatic hydroxyl groups excluding tert-OH is 1. The number of carbonyl (C=O) groups is 1. The van der Waals surface area contributed by atoms with Gasteiger partial charge in [-0.15, -0.1) is 11.3 Å². The van der Waals surface area contributed by atoms with Crippen LogP contribution in [0.3, 0.4) is 0 Å². The highest BCUT2D eigenvalue weighted by atomic mass is 32.1. The van der Waals surface area contributed by atoms with E-state index >= 15 is 0 Å². The van der Waals surface area contributed by atoms with Crippen molar-refractivity contribution in [2.75, 3.05) is 19.7 Å². The molecule has 4 nitrogen and oxygen atoms in total. The summed E-state index contributed by atoms with van der Waals surface area (Å²) in [4.78, 5) is 14.6. The summed E-state index contributed by atoms with van der Waals surface area (Å²) in [5, 5.41) is 20.4. The van der Waals surface area contributed by atoms with Crippen molar-refractivity contribution < 1.29 is 15.0 Å². The molecule has 1 unspecified atom stereocenters. The summed E-state index contributed by atoms with van der Waals surface area (Å²) in [6.07, 6.45) is 1.01. The number of aliphatic hydroxyl groups is 2. The van der Waals surface area contributed by atoms with E-state index in [1.807, 2.05) is 11.4 Å². The van der Waals surface area contributed by atoms with Crippen molar-refractivity contribution in [2.24, 2.45) is 0 Å². The first kappa shape index (κ1) is 14.1. The van der Waals surface area contributed by atoms with Crippen molar-refractivity contribution in [3.05, 3.63) is 21.9 Å². The van der Waals surface area contributed by atoms with Gasteiger partial charge in [-0.05, 0) is 24.8 Å². The molecule has 19 heavy (non-hydrogen) atoms. The van der Waals surface area contributed by atoms with Crippen LogP contribution in [0.25, 0.3) is 0 Å². The molecule has 1 amide bonds. The molecule has 1 aliphatic rings. The van der Waals surface area contributed by atoms with E-state index in [-0.39, 0.29) is 12.5 Å². The average Bonchev–Trinajstić information content (AvgIpc) is 2.95. The zero-order valence-corrected chi connectivity index (χ0v) is 11.7. The van der Waals surface area contributed by atoms with Crippen LogP contribution < -0.4 is 0 Å². The van der Waals surface area contributed by atoms with Crippen LogP contribution in [-0.4, -0.2) is 46.3 Å². The van der Waals surface area contributed by atoms with Gasteiger partial charge in [0.05, 0.1) is 12.2 Å². The van der Waals surface area contributed by atoms with E-state index in [1.54, 1.807) is 11.8 Å². The summed E-state index contributed by atoms with van der Waals surface area (Å²) in [6.45, 7) is 2.71. The van der Waals surface area contributed by atoms with Gasteiger partial charge in [0.2, 0.25) is 0 Å². The fourth-order valence-corrected chi connectivity index (χ4v) is 2.87. The number of amides is 1. The van der Waals surface area contributed by atoms with E-state index in [2.05, 4.69) is 11.8 Å². The van der Waals surface area contributed by atoms with Crippen molar-refractivity contribution >= 4 is 17.2 Å². The van der Waals surface area contributed by atoms with Gasteiger partial charge in [0.15, 0.2) is 0 Å². The Morgan fingerprint density at radius 1 is 1.63 bits per heavy atom. The summed E-state index contributed by atoms with van der Waals surface area (Å²) >= 11 is 1.36. The fourth-order valence-electron chi connectivity index (χ4n) is 2.05. The lowest BCUT2D eigenvalue weighted by molar-refractivity contribution is 0.0574. The molecule has 0 bridgehead atoms. The Bertz CT molecular complexity index is 524. The highest BCUT2D eigenvalue weighted by Gasteiger charge is 2.35. The van der Waals surface area contributed by atoms with Gasteiger partial charge in [0.25, 0.3) is 5.91 Å². The smallest absolute Gasteiger partial charge is 0.265 e. The summed E-state index contributed by atoms with van der Waals surface area (Å²) in [6, 6.07) is 1.82. The molecule has 102 valence electrons. The second kappa shape index (κ2) is 5.74. The minimum Gasteiger partial charge on any atom is -0.395 e. The van der Waals surface area contributed by atoms with Crippen molar-refractivity contribution in [3.63, 3.8) is 0 Å².